The lowest BCUT2D eigenvalue weighted by Gasteiger charge is -2.32. The normalized spacial score (nSPS) is 33.3. The van der Waals surface area contributed by atoms with Crippen molar-refractivity contribution in [2.45, 2.75) is 57.4 Å². The molecule has 0 N–H and O–H groups in total. The van der Waals surface area contributed by atoms with Crippen molar-refractivity contribution in [3.05, 3.63) is 16.1 Å². The van der Waals surface area contributed by atoms with Gasteiger partial charge in [0.15, 0.2) is 0 Å². The van der Waals surface area contributed by atoms with Crippen molar-refractivity contribution >= 4 is 11.3 Å². The van der Waals surface area contributed by atoms with Crippen LogP contribution < -0.4 is 0 Å². The minimum absolute atomic E-state index is 0.268. The van der Waals surface area contributed by atoms with Gasteiger partial charge in [0.1, 0.15) is 6.10 Å². The Morgan fingerprint density at radius 3 is 3.10 bits per heavy atom. The first-order chi connectivity index (χ1) is 10.3. The molecule has 21 heavy (non-hydrogen) atoms. The molecule has 0 amide bonds. The summed E-state index contributed by atoms with van der Waals surface area (Å²) in [5.74, 6) is 0.824. The molecule has 0 radical (unpaired) electrons. The molecule has 3 aliphatic rings. The van der Waals surface area contributed by atoms with Gasteiger partial charge in [-0.2, -0.15) is 0 Å². The predicted molar refractivity (Wildman–Crippen MR) is 82.5 cm³/mol. The SMILES string of the molecule is Cc1ncsc1CN1C[C@H](OCC2CC2)[C@H]2OCCC[C@H]21. The van der Waals surface area contributed by atoms with Crippen LogP contribution >= 0.6 is 11.3 Å². The number of rotatable bonds is 5. The first kappa shape index (κ1) is 14.1. The Morgan fingerprint density at radius 2 is 2.33 bits per heavy atom. The van der Waals surface area contributed by atoms with Gasteiger partial charge in [0.25, 0.3) is 0 Å². The molecule has 1 saturated carbocycles. The highest BCUT2D eigenvalue weighted by Crippen LogP contribution is 2.35. The van der Waals surface area contributed by atoms with E-state index in [9.17, 15) is 0 Å². The van der Waals surface area contributed by atoms with Crippen LogP contribution in [-0.2, 0) is 16.0 Å². The summed E-state index contributed by atoms with van der Waals surface area (Å²) >= 11 is 1.77. The van der Waals surface area contributed by atoms with Crippen LogP contribution in [0.15, 0.2) is 5.51 Å². The van der Waals surface area contributed by atoms with Gasteiger partial charge in [-0.15, -0.1) is 11.3 Å². The number of ether oxygens (including phenoxy) is 2. The Balaban J connectivity index is 1.44. The van der Waals surface area contributed by atoms with Crippen LogP contribution in [0.25, 0.3) is 0 Å². The molecule has 0 bridgehead atoms. The first-order valence-corrected chi connectivity index (χ1v) is 9.05. The van der Waals surface area contributed by atoms with Gasteiger partial charge in [-0.1, -0.05) is 0 Å². The zero-order valence-corrected chi connectivity index (χ0v) is 13.5. The van der Waals surface area contributed by atoms with E-state index in [0.717, 1.165) is 32.2 Å². The molecule has 2 saturated heterocycles. The average Bonchev–Trinajstić information content (AvgIpc) is 3.16. The Morgan fingerprint density at radius 1 is 1.43 bits per heavy atom. The molecule has 3 heterocycles. The third-order valence-electron chi connectivity index (χ3n) is 5.02. The molecule has 0 spiro atoms. The standard InChI is InChI=1S/C16H24N2O2S/c1-11-15(21-10-17-11)8-18-7-14(20-9-12-4-5-12)16-13(18)3-2-6-19-16/h10,12-14,16H,2-9H2,1H3/t13-,14+,16+/m1/s1. The molecule has 0 unspecified atom stereocenters. The highest BCUT2D eigenvalue weighted by Gasteiger charge is 2.45. The van der Waals surface area contributed by atoms with E-state index in [4.69, 9.17) is 9.47 Å². The smallest absolute Gasteiger partial charge is 0.100 e. The molecule has 1 aromatic rings. The van der Waals surface area contributed by atoms with Gasteiger partial charge in [0.2, 0.25) is 0 Å². The maximum absolute atomic E-state index is 6.20. The topological polar surface area (TPSA) is 34.6 Å². The molecule has 1 aliphatic carbocycles. The summed E-state index contributed by atoms with van der Waals surface area (Å²) in [5.41, 5.74) is 3.13. The predicted octanol–water partition coefficient (Wildman–Crippen LogP) is 2.61. The molecule has 3 atom stereocenters. The lowest BCUT2D eigenvalue weighted by molar-refractivity contribution is -0.0791. The number of aromatic nitrogens is 1. The highest BCUT2D eigenvalue weighted by atomic mass is 32.1. The van der Waals surface area contributed by atoms with Crippen LogP contribution in [0, 0.1) is 12.8 Å². The Hall–Kier alpha value is -0.490. The Labute approximate surface area is 130 Å². The maximum atomic E-state index is 6.20. The van der Waals surface area contributed by atoms with E-state index < -0.39 is 0 Å². The van der Waals surface area contributed by atoms with Crippen molar-refractivity contribution in [3.63, 3.8) is 0 Å². The number of nitrogens with zero attached hydrogens (tertiary/aromatic N) is 2. The fourth-order valence-electron chi connectivity index (χ4n) is 3.54. The average molecular weight is 308 g/mol. The summed E-state index contributed by atoms with van der Waals surface area (Å²) in [6, 6.07) is 0.532. The van der Waals surface area contributed by atoms with Crippen molar-refractivity contribution in [3.8, 4) is 0 Å². The number of hydrogen-bond acceptors (Lipinski definition) is 5. The summed E-state index contributed by atoms with van der Waals surface area (Å²) < 4.78 is 12.3. The number of likely N-dealkylation sites (tertiary alicyclic amines) is 1. The van der Waals surface area contributed by atoms with Crippen LogP contribution in [0.1, 0.15) is 36.3 Å². The minimum Gasteiger partial charge on any atom is -0.374 e. The second-order valence-electron chi connectivity index (χ2n) is 6.65. The van der Waals surface area contributed by atoms with E-state index in [1.807, 2.05) is 5.51 Å². The van der Waals surface area contributed by atoms with Gasteiger partial charge in [-0.25, -0.2) is 4.98 Å². The zero-order valence-electron chi connectivity index (χ0n) is 12.7. The summed E-state index contributed by atoms with van der Waals surface area (Å²) in [6.07, 6.45) is 5.67. The van der Waals surface area contributed by atoms with Gasteiger partial charge in [0.05, 0.1) is 17.3 Å². The fourth-order valence-corrected chi connectivity index (χ4v) is 4.34. The molecule has 2 aliphatic heterocycles. The van der Waals surface area contributed by atoms with Crippen LogP contribution in [0.4, 0.5) is 0 Å². The van der Waals surface area contributed by atoms with Crippen LogP contribution in [-0.4, -0.2) is 47.9 Å². The third-order valence-corrected chi connectivity index (χ3v) is 5.94. The van der Waals surface area contributed by atoms with E-state index in [-0.39, 0.29) is 12.2 Å². The van der Waals surface area contributed by atoms with E-state index in [1.165, 1.54) is 36.3 Å². The summed E-state index contributed by atoms with van der Waals surface area (Å²) in [7, 11) is 0. The lowest BCUT2D eigenvalue weighted by Crippen LogP contribution is -2.41. The monoisotopic (exact) mass is 308 g/mol. The van der Waals surface area contributed by atoms with E-state index in [1.54, 1.807) is 11.3 Å². The van der Waals surface area contributed by atoms with Crippen molar-refractivity contribution in [1.29, 1.82) is 0 Å². The van der Waals surface area contributed by atoms with Gasteiger partial charge >= 0.3 is 0 Å². The third kappa shape index (κ3) is 3.02. The van der Waals surface area contributed by atoms with Crippen molar-refractivity contribution < 1.29 is 9.47 Å². The summed E-state index contributed by atoms with van der Waals surface area (Å²) in [5, 5.41) is 0. The van der Waals surface area contributed by atoms with Crippen molar-refractivity contribution in [2.75, 3.05) is 19.8 Å². The van der Waals surface area contributed by atoms with Gasteiger partial charge < -0.3 is 9.47 Å². The molecule has 4 nitrogen and oxygen atoms in total. The van der Waals surface area contributed by atoms with E-state index >= 15 is 0 Å². The van der Waals surface area contributed by atoms with Gasteiger partial charge in [0, 0.05) is 37.2 Å². The first-order valence-electron chi connectivity index (χ1n) is 8.17. The molecule has 3 fully saturated rings. The molecule has 5 heteroatoms. The molecule has 1 aromatic heterocycles. The number of fused-ring (bicyclic) bond motifs is 1. The zero-order chi connectivity index (χ0) is 14.2. The second kappa shape index (κ2) is 5.95. The highest BCUT2D eigenvalue weighted by molar-refractivity contribution is 7.09. The van der Waals surface area contributed by atoms with E-state index in [0.29, 0.717) is 6.04 Å². The largest absolute Gasteiger partial charge is 0.374 e. The molecule has 116 valence electrons. The quantitative estimate of drug-likeness (QED) is 0.837. The number of hydrogen-bond donors (Lipinski definition) is 0. The minimum atomic E-state index is 0.268. The molecular weight excluding hydrogens is 284 g/mol. The van der Waals surface area contributed by atoms with E-state index in [2.05, 4.69) is 16.8 Å². The van der Waals surface area contributed by atoms with Crippen LogP contribution in [0.5, 0.6) is 0 Å². The van der Waals surface area contributed by atoms with Crippen molar-refractivity contribution in [2.24, 2.45) is 5.92 Å². The number of thiazole rings is 1. The maximum Gasteiger partial charge on any atom is 0.100 e. The van der Waals surface area contributed by atoms with Crippen LogP contribution in [0.3, 0.4) is 0 Å². The molecule has 4 rings (SSSR count). The lowest BCUT2D eigenvalue weighted by atomic mass is 10.0. The summed E-state index contributed by atoms with van der Waals surface area (Å²) in [6.45, 7) is 5.96. The van der Waals surface area contributed by atoms with Crippen molar-refractivity contribution in [1.82, 2.24) is 9.88 Å². The van der Waals surface area contributed by atoms with Crippen LogP contribution in [0.2, 0.25) is 0 Å². The summed E-state index contributed by atoms with van der Waals surface area (Å²) in [4.78, 5) is 8.34. The number of aryl methyl sites for hydroxylation is 1. The molecular formula is C16H24N2O2S. The second-order valence-corrected chi connectivity index (χ2v) is 7.59. The Kier molecular flexibility index (Phi) is 4.00. The molecule has 0 aromatic carbocycles. The van der Waals surface area contributed by atoms with Gasteiger partial charge in [-0.3, -0.25) is 4.90 Å². The fraction of sp³-hybridized carbons (Fsp3) is 0.812. The Bertz CT molecular complexity index is 488. The van der Waals surface area contributed by atoms with Gasteiger partial charge in [-0.05, 0) is 38.5 Å².